The first-order valence-corrected chi connectivity index (χ1v) is 5.25. The zero-order valence-electron chi connectivity index (χ0n) is 10.0. The quantitative estimate of drug-likeness (QED) is 0.487. The molecule has 0 unspecified atom stereocenters. The van der Waals surface area contributed by atoms with Gasteiger partial charge in [-0.25, -0.2) is 0 Å². The number of carbonyl (C=O) groups excluding carboxylic acids is 1. The van der Waals surface area contributed by atoms with Gasteiger partial charge in [-0.3, -0.25) is 4.79 Å². The van der Waals surface area contributed by atoms with Gasteiger partial charge in [0.2, 0.25) is 0 Å². The average molecular weight is 257 g/mol. The van der Waals surface area contributed by atoms with Gasteiger partial charge in [0.05, 0.1) is 13.5 Å². The third-order valence-corrected chi connectivity index (χ3v) is 2.02. The first kappa shape index (κ1) is 16.2. The fourth-order valence-corrected chi connectivity index (χ4v) is 1.12. The molecule has 0 saturated carbocycles. The minimum Gasteiger partial charge on any atom is -0.469 e. The Bertz CT molecular complexity index is 221. The Morgan fingerprint density at radius 1 is 1.29 bits per heavy atom. The lowest BCUT2D eigenvalue weighted by atomic mass is 10.3. The van der Waals surface area contributed by atoms with Crippen molar-refractivity contribution in [2.75, 3.05) is 40.5 Å². The molecule has 0 aromatic rings. The van der Waals surface area contributed by atoms with Crippen LogP contribution in [0.3, 0.4) is 0 Å². The SMILES string of the molecule is COC(=O)CCN(C)CCCOCC(F)(F)F. The Morgan fingerprint density at radius 3 is 2.47 bits per heavy atom. The first-order valence-electron chi connectivity index (χ1n) is 5.25. The van der Waals surface area contributed by atoms with E-state index in [0.29, 0.717) is 19.5 Å². The molecule has 0 N–H and O–H groups in total. The summed E-state index contributed by atoms with van der Waals surface area (Å²) in [4.78, 5) is 12.6. The van der Waals surface area contributed by atoms with E-state index in [1.54, 1.807) is 7.05 Å². The molecule has 0 fully saturated rings. The highest BCUT2D eigenvalue weighted by Gasteiger charge is 2.27. The maximum Gasteiger partial charge on any atom is 0.411 e. The van der Waals surface area contributed by atoms with Crippen LogP contribution in [0, 0.1) is 0 Å². The van der Waals surface area contributed by atoms with Gasteiger partial charge in [0.25, 0.3) is 0 Å². The van der Waals surface area contributed by atoms with Gasteiger partial charge in [0.1, 0.15) is 6.61 Å². The Morgan fingerprint density at radius 2 is 1.94 bits per heavy atom. The van der Waals surface area contributed by atoms with E-state index in [0.717, 1.165) is 0 Å². The lowest BCUT2D eigenvalue weighted by Crippen LogP contribution is -2.25. The summed E-state index contributed by atoms with van der Waals surface area (Å²) in [5.74, 6) is -0.301. The fourth-order valence-electron chi connectivity index (χ4n) is 1.12. The van der Waals surface area contributed by atoms with Gasteiger partial charge in [0, 0.05) is 19.7 Å². The molecule has 102 valence electrons. The van der Waals surface area contributed by atoms with Crippen molar-refractivity contribution in [3.63, 3.8) is 0 Å². The molecule has 0 radical (unpaired) electrons. The monoisotopic (exact) mass is 257 g/mol. The van der Waals surface area contributed by atoms with Gasteiger partial charge in [-0.2, -0.15) is 13.2 Å². The highest BCUT2D eigenvalue weighted by molar-refractivity contribution is 5.69. The van der Waals surface area contributed by atoms with E-state index in [4.69, 9.17) is 0 Å². The summed E-state index contributed by atoms with van der Waals surface area (Å²) < 4.78 is 44.0. The summed E-state index contributed by atoms with van der Waals surface area (Å²) in [5, 5.41) is 0. The van der Waals surface area contributed by atoms with Crippen molar-refractivity contribution in [2.45, 2.75) is 19.0 Å². The van der Waals surface area contributed by atoms with E-state index in [1.165, 1.54) is 7.11 Å². The Hall–Kier alpha value is -0.820. The van der Waals surface area contributed by atoms with Crippen LogP contribution in [0.2, 0.25) is 0 Å². The van der Waals surface area contributed by atoms with Gasteiger partial charge in [0.15, 0.2) is 0 Å². The second-order valence-electron chi connectivity index (χ2n) is 3.65. The van der Waals surface area contributed by atoms with E-state index in [9.17, 15) is 18.0 Å². The number of alkyl halides is 3. The van der Waals surface area contributed by atoms with Crippen LogP contribution in [0.5, 0.6) is 0 Å². The van der Waals surface area contributed by atoms with Gasteiger partial charge in [-0.1, -0.05) is 0 Å². The third-order valence-electron chi connectivity index (χ3n) is 2.02. The van der Waals surface area contributed by atoms with Crippen molar-refractivity contribution in [1.29, 1.82) is 0 Å². The number of halogens is 3. The number of rotatable bonds is 8. The number of hydrogen-bond donors (Lipinski definition) is 0. The number of ether oxygens (including phenoxy) is 2. The number of methoxy groups -OCH3 is 1. The molecule has 0 aliphatic heterocycles. The summed E-state index contributed by atoms with van der Waals surface area (Å²) in [6.45, 7) is -0.0538. The lowest BCUT2D eigenvalue weighted by Gasteiger charge is -2.15. The third kappa shape index (κ3) is 11.4. The molecule has 0 heterocycles. The molecule has 0 aromatic carbocycles. The van der Waals surface area contributed by atoms with Crippen LogP contribution in [0.4, 0.5) is 13.2 Å². The lowest BCUT2D eigenvalue weighted by molar-refractivity contribution is -0.174. The minimum atomic E-state index is -4.27. The molecule has 0 amide bonds. The smallest absolute Gasteiger partial charge is 0.411 e. The summed E-state index contributed by atoms with van der Waals surface area (Å²) in [6.07, 6.45) is -3.50. The minimum absolute atomic E-state index is 0.0576. The highest BCUT2D eigenvalue weighted by Crippen LogP contribution is 2.14. The van der Waals surface area contributed by atoms with Crippen LogP contribution in [0.1, 0.15) is 12.8 Å². The average Bonchev–Trinajstić information content (AvgIpc) is 2.23. The van der Waals surface area contributed by atoms with Crippen LogP contribution in [0.15, 0.2) is 0 Å². The van der Waals surface area contributed by atoms with Crippen LogP contribution in [-0.4, -0.2) is 57.5 Å². The molecule has 0 spiro atoms. The predicted molar refractivity (Wildman–Crippen MR) is 55.6 cm³/mol. The molecule has 0 atom stereocenters. The molecule has 4 nitrogen and oxygen atoms in total. The van der Waals surface area contributed by atoms with Crippen LogP contribution < -0.4 is 0 Å². The summed E-state index contributed by atoms with van der Waals surface area (Å²) in [5.41, 5.74) is 0. The molecule has 0 rings (SSSR count). The molecule has 7 heteroatoms. The van der Waals surface area contributed by atoms with Crippen molar-refractivity contribution in [3.05, 3.63) is 0 Å². The van der Waals surface area contributed by atoms with Crippen molar-refractivity contribution >= 4 is 5.97 Å². The first-order chi connectivity index (χ1) is 7.85. The Labute approximate surface area is 98.7 Å². The van der Waals surface area contributed by atoms with E-state index in [-0.39, 0.29) is 19.0 Å². The molecular formula is C10H18F3NO3. The maximum absolute atomic E-state index is 11.7. The zero-order chi connectivity index (χ0) is 13.3. The van der Waals surface area contributed by atoms with Crippen LogP contribution in [-0.2, 0) is 14.3 Å². The van der Waals surface area contributed by atoms with Gasteiger partial charge < -0.3 is 14.4 Å². The Balaban J connectivity index is 3.39. The second-order valence-corrected chi connectivity index (χ2v) is 3.65. The standard InChI is InChI=1S/C10H18F3NO3/c1-14(6-4-9(15)16-2)5-3-7-17-8-10(11,12)13/h3-8H2,1-2H3. The summed E-state index contributed by atoms with van der Waals surface area (Å²) in [7, 11) is 3.10. The van der Waals surface area contributed by atoms with E-state index in [2.05, 4.69) is 9.47 Å². The van der Waals surface area contributed by atoms with E-state index in [1.807, 2.05) is 4.90 Å². The number of hydrogen-bond acceptors (Lipinski definition) is 4. The number of esters is 1. The summed E-state index contributed by atoms with van der Waals surface area (Å²) in [6, 6.07) is 0. The largest absolute Gasteiger partial charge is 0.469 e. The van der Waals surface area contributed by atoms with Gasteiger partial charge in [-0.15, -0.1) is 0 Å². The number of nitrogens with zero attached hydrogens (tertiary/aromatic N) is 1. The molecule has 0 saturated heterocycles. The van der Waals surface area contributed by atoms with Crippen molar-refractivity contribution in [1.82, 2.24) is 4.90 Å². The molecule has 17 heavy (non-hydrogen) atoms. The van der Waals surface area contributed by atoms with Crippen LogP contribution in [0.25, 0.3) is 0 Å². The molecular weight excluding hydrogens is 239 g/mol. The van der Waals surface area contributed by atoms with E-state index >= 15 is 0 Å². The normalized spacial score (nSPS) is 11.9. The predicted octanol–water partition coefficient (Wildman–Crippen LogP) is 1.45. The maximum atomic E-state index is 11.7. The molecule has 0 aliphatic carbocycles. The van der Waals surface area contributed by atoms with Gasteiger partial charge >= 0.3 is 12.1 Å². The topological polar surface area (TPSA) is 38.8 Å². The number of carbonyl (C=O) groups is 1. The molecule has 0 aliphatic rings. The Kier molecular flexibility index (Phi) is 7.90. The van der Waals surface area contributed by atoms with E-state index < -0.39 is 12.8 Å². The summed E-state index contributed by atoms with van der Waals surface area (Å²) >= 11 is 0. The highest BCUT2D eigenvalue weighted by atomic mass is 19.4. The van der Waals surface area contributed by atoms with Crippen LogP contribution >= 0.6 is 0 Å². The molecule has 0 aromatic heterocycles. The second kappa shape index (κ2) is 8.30. The zero-order valence-corrected chi connectivity index (χ0v) is 10.0. The van der Waals surface area contributed by atoms with Gasteiger partial charge in [-0.05, 0) is 13.5 Å². The van der Waals surface area contributed by atoms with Crippen molar-refractivity contribution in [2.24, 2.45) is 0 Å². The van der Waals surface area contributed by atoms with Crippen molar-refractivity contribution in [3.8, 4) is 0 Å². The van der Waals surface area contributed by atoms with Crippen molar-refractivity contribution < 1.29 is 27.4 Å². The fraction of sp³-hybridized carbons (Fsp3) is 0.900. The molecule has 0 bridgehead atoms.